The number of rotatable bonds is 64. The van der Waals surface area contributed by atoms with Crippen molar-refractivity contribution in [2.45, 2.75) is 374 Å². The lowest BCUT2D eigenvalue weighted by Gasteiger charge is -2.18. The van der Waals surface area contributed by atoms with Gasteiger partial charge in [0.15, 0.2) is 6.10 Å². The molecule has 0 saturated heterocycles. The molecule has 1 unspecified atom stereocenters. The number of allylic oxidation sites excluding steroid dienone is 10. The van der Waals surface area contributed by atoms with Gasteiger partial charge in [0.1, 0.15) is 13.2 Å². The van der Waals surface area contributed by atoms with E-state index < -0.39 is 6.10 Å². The Bertz CT molecular complexity index is 1410. The summed E-state index contributed by atoms with van der Waals surface area (Å²) in [5, 5.41) is 0. The fraction of sp³-hybridized carbons (Fsp3) is 0.822. The van der Waals surface area contributed by atoms with Crippen LogP contribution in [0.2, 0.25) is 0 Å². The first-order valence-electron chi connectivity index (χ1n) is 34.8. The predicted octanol–water partition coefficient (Wildman–Crippen LogP) is 23.9. The molecule has 0 aromatic heterocycles. The first-order valence-corrected chi connectivity index (χ1v) is 34.8. The van der Waals surface area contributed by atoms with E-state index in [1.807, 2.05) is 0 Å². The van der Waals surface area contributed by atoms with Gasteiger partial charge in [0.05, 0.1) is 0 Å². The largest absolute Gasteiger partial charge is 0.462 e. The van der Waals surface area contributed by atoms with Gasteiger partial charge in [0, 0.05) is 19.3 Å². The van der Waals surface area contributed by atoms with E-state index in [2.05, 4.69) is 81.5 Å². The number of carbonyl (C=O) groups excluding carboxylic acids is 3. The summed E-state index contributed by atoms with van der Waals surface area (Å²) in [4.78, 5) is 38.4. The summed E-state index contributed by atoms with van der Waals surface area (Å²) in [7, 11) is 0. The Morgan fingerprint density at radius 2 is 0.456 bits per heavy atom. The van der Waals surface area contributed by atoms with Gasteiger partial charge in [-0.2, -0.15) is 0 Å². The monoisotopic (exact) mass is 1110 g/mol. The van der Waals surface area contributed by atoms with Gasteiger partial charge < -0.3 is 14.2 Å². The van der Waals surface area contributed by atoms with Gasteiger partial charge in [-0.1, -0.05) is 300 Å². The van der Waals surface area contributed by atoms with Crippen LogP contribution < -0.4 is 0 Å². The molecule has 0 heterocycles. The molecule has 0 spiro atoms. The summed E-state index contributed by atoms with van der Waals surface area (Å²) in [6.45, 7) is 6.65. The highest BCUT2D eigenvalue weighted by molar-refractivity contribution is 5.71. The van der Waals surface area contributed by atoms with Crippen molar-refractivity contribution in [1.29, 1.82) is 0 Å². The molecule has 0 rings (SSSR count). The lowest BCUT2D eigenvalue weighted by atomic mass is 10.0. The second-order valence-electron chi connectivity index (χ2n) is 23.4. The standard InChI is InChI=1S/C73H132O6/c1-4-7-10-13-16-19-22-25-27-29-31-33-35-36-38-39-41-43-45-48-51-54-57-60-63-66-72(75)78-69-70(68-77-71(74)65-62-59-56-53-50-47-24-21-18-15-12-9-6-3)79-73(76)67-64-61-58-55-52-49-46-44-42-40-37-34-32-30-28-26-23-20-17-14-11-8-5-2/h21-22,24-25,29-32,35-36,70H,4-20,23,26-28,33-34,37-69H2,1-3H3/b24-21-,25-22-,31-29-,32-30-,36-35-. The molecule has 0 aromatic carbocycles. The van der Waals surface area contributed by atoms with Crippen LogP contribution >= 0.6 is 0 Å². The number of ether oxygens (including phenoxy) is 3. The summed E-state index contributed by atoms with van der Waals surface area (Å²) < 4.78 is 17.0. The van der Waals surface area contributed by atoms with E-state index in [1.54, 1.807) is 0 Å². The van der Waals surface area contributed by atoms with Gasteiger partial charge >= 0.3 is 17.9 Å². The van der Waals surface area contributed by atoms with Crippen LogP contribution in [0.15, 0.2) is 60.8 Å². The van der Waals surface area contributed by atoms with Gasteiger partial charge in [-0.15, -0.1) is 0 Å². The van der Waals surface area contributed by atoms with Gasteiger partial charge in [-0.3, -0.25) is 14.4 Å². The minimum Gasteiger partial charge on any atom is -0.462 e. The molecule has 0 aliphatic rings. The number of carbonyl (C=O) groups is 3. The van der Waals surface area contributed by atoms with Gasteiger partial charge in [-0.05, 0) is 109 Å². The van der Waals surface area contributed by atoms with Crippen LogP contribution in [0.25, 0.3) is 0 Å². The lowest BCUT2D eigenvalue weighted by Crippen LogP contribution is -2.30. The number of unbranched alkanes of at least 4 members (excludes halogenated alkanes) is 43. The zero-order valence-electron chi connectivity index (χ0n) is 52.9. The molecule has 0 N–H and O–H groups in total. The van der Waals surface area contributed by atoms with Crippen molar-refractivity contribution in [3.05, 3.63) is 60.8 Å². The van der Waals surface area contributed by atoms with Crippen molar-refractivity contribution in [2.24, 2.45) is 0 Å². The van der Waals surface area contributed by atoms with Crippen molar-refractivity contribution in [1.82, 2.24) is 0 Å². The first-order chi connectivity index (χ1) is 39.0. The third-order valence-corrected chi connectivity index (χ3v) is 15.5. The third kappa shape index (κ3) is 65.8. The van der Waals surface area contributed by atoms with E-state index in [-0.39, 0.29) is 31.1 Å². The molecular weight excluding hydrogens is 973 g/mol. The number of hydrogen-bond donors (Lipinski definition) is 0. The fourth-order valence-electron chi connectivity index (χ4n) is 10.2. The van der Waals surface area contributed by atoms with E-state index in [0.717, 1.165) is 77.0 Å². The summed E-state index contributed by atoms with van der Waals surface area (Å²) in [6, 6.07) is 0. The zero-order valence-corrected chi connectivity index (χ0v) is 52.9. The molecule has 0 saturated carbocycles. The van der Waals surface area contributed by atoms with Crippen molar-refractivity contribution in [2.75, 3.05) is 13.2 Å². The van der Waals surface area contributed by atoms with Gasteiger partial charge in [0.25, 0.3) is 0 Å². The topological polar surface area (TPSA) is 78.9 Å². The molecule has 0 bridgehead atoms. The Morgan fingerprint density at radius 1 is 0.253 bits per heavy atom. The second kappa shape index (κ2) is 67.6. The van der Waals surface area contributed by atoms with Crippen molar-refractivity contribution < 1.29 is 28.6 Å². The van der Waals surface area contributed by atoms with Crippen molar-refractivity contribution in [3.8, 4) is 0 Å². The molecular formula is C73H132O6. The zero-order chi connectivity index (χ0) is 57.1. The Morgan fingerprint density at radius 3 is 0.734 bits per heavy atom. The van der Waals surface area contributed by atoms with Crippen LogP contribution in [0.4, 0.5) is 0 Å². The molecule has 6 nitrogen and oxygen atoms in total. The van der Waals surface area contributed by atoms with Crippen LogP contribution in [0.5, 0.6) is 0 Å². The molecule has 460 valence electrons. The SMILES string of the molecule is CCCCCC/C=C\CCCCCCCC(=O)OCC(COC(=O)CCCCCCCCCCCC/C=C\C/C=C\C/C=C\CCCCCCC)OC(=O)CCCCCCCCCCCCC/C=C\CCCCCCCCCC. The Kier molecular flexibility index (Phi) is 65.1. The average molecular weight is 1110 g/mol. The van der Waals surface area contributed by atoms with Crippen LogP contribution in [0.3, 0.4) is 0 Å². The fourth-order valence-corrected chi connectivity index (χ4v) is 10.2. The molecule has 0 fully saturated rings. The average Bonchev–Trinajstić information content (AvgIpc) is 3.45. The number of esters is 3. The van der Waals surface area contributed by atoms with Crippen molar-refractivity contribution >= 4 is 17.9 Å². The highest BCUT2D eigenvalue weighted by atomic mass is 16.6. The lowest BCUT2D eigenvalue weighted by molar-refractivity contribution is -0.167. The van der Waals surface area contributed by atoms with E-state index in [9.17, 15) is 14.4 Å². The maximum Gasteiger partial charge on any atom is 0.306 e. The van der Waals surface area contributed by atoms with Crippen LogP contribution in [0.1, 0.15) is 367 Å². The van der Waals surface area contributed by atoms with Gasteiger partial charge in [0.2, 0.25) is 0 Å². The Balaban J connectivity index is 4.28. The normalized spacial score (nSPS) is 12.4. The smallest absolute Gasteiger partial charge is 0.306 e. The summed E-state index contributed by atoms with van der Waals surface area (Å²) >= 11 is 0. The summed E-state index contributed by atoms with van der Waals surface area (Å²) in [6.07, 6.45) is 86.7. The molecule has 0 aromatic rings. The van der Waals surface area contributed by atoms with E-state index in [0.29, 0.717) is 19.3 Å². The predicted molar refractivity (Wildman–Crippen MR) is 344 cm³/mol. The Hall–Kier alpha value is -2.89. The summed E-state index contributed by atoms with van der Waals surface area (Å²) in [5.41, 5.74) is 0. The summed E-state index contributed by atoms with van der Waals surface area (Å²) in [5.74, 6) is -0.870. The van der Waals surface area contributed by atoms with Crippen LogP contribution in [-0.4, -0.2) is 37.2 Å². The minimum absolute atomic E-state index is 0.0768. The number of hydrogen-bond acceptors (Lipinski definition) is 6. The van der Waals surface area contributed by atoms with Gasteiger partial charge in [-0.25, -0.2) is 0 Å². The van der Waals surface area contributed by atoms with E-state index in [1.165, 1.54) is 250 Å². The Labute approximate surface area is 491 Å². The maximum atomic E-state index is 12.9. The highest BCUT2D eigenvalue weighted by Gasteiger charge is 2.19. The molecule has 79 heavy (non-hydrogen) atoms. The molecule has 0 amide bonds. The maximum absolute atomic E-state index is 12.9. The van der Waals surface area contributed by atoms with Crippen LogP contribution in [0, 0.1) is 0 Å². The van der Waals surface area contributed by atoms with Crippen molar-refractivity contribution in [3.63, 3.8) is 0 Å². The minimum atomic E-state index is -0.780. The quantitative estimate of drug-likeness (QED) is 0.0261. The second-order valence-corrected chi connectivity index (χ2v) is 23.4. The molecule has 1 atom stereocenters. The molecule has 0 radical (unpaired) electrons. The molecule has 6 heteroatoms. The third-order valence-electron chi connectivity index (χ3n) is 15.5. The highest BCUT2D eigenvalue weighted by Crippen LogP contribution is 2.17. The molecule has 0 aliphatic carbocycles. The van der Waals surface area contributed by atoms with E-state index in [4.69, 9.17) is 14.2 Å². The van der Waals surface area contributed by atoms with Crippen LogP contribution in [-0.2, 0) is 28.6 Å². The first kappa shape index (κ1) is 76.1. The molecule has 0 aliphatic heterocycles. The van der Waals surface area contributed by atoms with E-state index >= 15 is 0 Å².